The van der Waals surface area contributed by atoms with Crippen molar-refractivity contribution in [3.05, 3.63) is 88.7 Å². The number of amides is 1. The number of aryl methyl sites for hydroxylation is 1. The molecule has 0 spiro atoms. The van der Waals surface area contributed by atoms with Crippen LogP contribution in [0.25, 0.3) is 11.1 Å². The van der Waals surface area contributed by atoms with Gasteiger partial charge in [-0.2, -0.15) is 0 Å². The molecule has 3 rings (SSSR count). The maximum absolute atomic E-state index is 13.8. The van der Waals surface area contributed by atoms with E-state index in [2.05, 4.69) is 11.8 Å². The number of carbonyl (C=O) groups is 3. The van der Waals surface area contributed by atoms with Gasteiger partial charge in [0.05, 0.1) is 6.61 Å². The van der Waals surface area contributed by atoms with Gasteiger partial charge in [0.25, 0.3) is 5.91 Å². The predicted molar refractivity (Wildman–Crippen MR) is 164 cm³/mol. The van der Waals surface area contributed by atoms with Crippen molar-refractivity contribution in [3.63, 3.8) is 0 Å². The summed E-state index contributed by atoms with van der Waals surface area (Å²) in [7, 11) is 3.37. The molecular formula is C35H38FNO6. The number of benzene rings is 3. The van der Waals surface area contributed by atoms with Gasteiger partial charge in [0.15, 0.2) is 0 Å². The summed E-state index contributed by atoms with van der Waals surface area (Å²) in [6, 6.07) is 17.3. The number of aliphatic carboxylic acids is 2. The minimum absolute atomic E-state index is 0.0135. The summed E-state index contributed by atoms with van der Waals surface area (Å²) in [6.45, 7) is 0.254. The summed E-state index contributed by atoms with van der Waals surface area (Å²) < 4.78 is 19.7. The Morgan fingerprint density at radius 3 is 2.33 bits per heavy atom. The second-order valence-electron chi connectivity index (χ2n) is 10.5. The number of nitrogens with zero attached hydrogens (tertiary/aromatic N) is 1. The molecule has 0 fully saturated rings. The molecule has 226 valence electrons. The van der Waals surface area contributed by atoms with E-state index >= 15 is 0 Å². The van der Waals surface area contributed by atoms with Gasteiger partial charge in [0.2, 0.25) is 0 Å². The van der Waals surface area contributed by atoms with Crippen LogP contribution in [0.2, 0.25) is 0 Å². The summed E-state index contributed by atoms with van der Waals surface area (Å²) in [4.78, 5) is 36.2. The zero-order valence-electron chi connectivity index (χ0n) is 24.7. The van der Waals surface area contributed by atoms with Crippen LogP contribution in [0.1, 0.15) is 72.0 Å². The fourth-order valence-electron chi connectivity index (χ4n) is 4.69. The maximum atomic E-state index is 13.8. The molecule has 2 N–H and O–H groups in total. The average Bonchev–Trinajstić information content (AvgIpc) is 2.97. The van der Waals surface area contributed by atoms with Crippen molar-refractivity contribution in [1.29, 1.82) is 0 Å². The predicted octanol–water partition coefficient (Wildman–Crippen LogP) is 6.61. The smallest absolute Gasteiger partial charge is 0.303 e. The van der Waals surface area contributed by atoms with Gasteiger partial charge in [-0.3, -0.25) is 14.4 Å². The van der Waals surface area contributed by atoms with Crippen molar-refractivity contribution >= 4 is 17.8 Å². The molecule has 3 aromatic rings. The van der Waals surface area contributed by atoms with E-state index in [9.17, 15) is 23.9 Å². The second-order valence-corrected chi connectivity index (χ2v) is 10.5. The molecular weight excluding hydrogens is 549 g/mol. The Morgan fingerprint density at radius 2 is 1.60 bits per heavy atom. The zero-order chi connectivity index (χ0) is 31.2. The summed E-state index contributed by atoms with van der Waals surface area (Å²) in [5.74, 6) is 4.71. The topological polar surface area (TPSA) is 104 Å². The Bertz CT molecular complexity index is 1490. The lowest BCUT2D eigenvalue weighted by Gasteiger charge is -2.15. The molecule has 0 bridgehead atoms. The van der Waals surface area contributed by atoms with E-state index in [1.807, 2.05) is 18.2 Å². The van der Waals surface area contributed by atoms with E-state index in [0.717, 1.165) is 42.4 Å². The highest BCUT2D eigenvalue weighted by atomic mass is 19.1. The monoisotopic (exact) mass is 587 g/mol. The average molecular weight is 588 g/mol. The Labute approximate surface area is 252 Å². The first kappa shape index (κ1) is 32.9. The van der Waals surface area contributed by atoms with E-state index in [1.54, 1.807) is 44.4 Å². The van der Waals surface area contributed by atoms with Crippen molar-refractivity contribution in [2.75, 3.05) is 20.7 Å². The van der Waals surface area contributed by atoms with Crippen molar-refractivity contribution in [3.8, 4) is 28.7 Å². The molecule has 8 heteroatoms. The van der Waals surface area contributed by atoms with E-state index in [0.29, 0.717) is 41.7 Å². The molecule has 0 aliphatic rings. The summed E-state index contributed by atoms with van der Waals surface area (Å²) >= 11 is 0. The van der Waals surface area contributed by atoms with Gasteiger partial charge < -0.3 is 19.8 Å². The van der Waals surface area contributed by atoms with Gasteiger partial charge in [-0.05, 0) is 90.8 Å². The molecule has 0 atom stereocenters. The molecule has 43 heavy (non-hydrogen) atoms. The quantitative estimate of drug-likeness (QED) is 0.153. The summed E-state index contributed by atoms with van der Waals surface area (Å²) in [5, 5.41) is 18.1. The van der Waals surface area contributed by atoms with Crippen molar-refractivity contribution in [2.24, 2.45) is 0 Å². The number of carboxylic acid groups (broad SMARTS) is 2. The van der Waals surface area contributed by atoms with Gasteiger partial charge in [-0.25, -0.2) is 4.39 Å². The number of carboxylic acids is 2. The SMILES string of the molecule is CN(C)C(=O)c1cc(C#CCCCCCc2cccc(OCCCC(=O)O)c2CCC(=O)O)cc(-c2cccc(F)c2)c1. The lowest BCUT2D eigenvalue weighted by molar-refractivity contribution is -0.138. The Morgan fingerprint density at radius 1 is 0.837 bits per heavy atom. The lowest BCUT2D eigenvalue weighted by atomic mass is 9.96. The molecule has 0 heterocycles. The third-order valence-electron chi connectivity index (χ3n) is 6.84. The zero-order valence-corrected chi connectivity index (χ0v) is 24.7. The first-order valence-electron chi connectivity index (χ1n) is 14.4. The molecule has 0 aliphatic heterocycles. The van der Waals surface area contributed by atoms with Crippen LogP contribution in [0.5, 0.6) is 5.75 Å². The summed E-state index contributed by atoms with van der Waals surface area (Å²) in [5.41, 5.74) is 4.48. The Balaban J connectivity index is 1.61. The fraction of sp³-hybridized carbons (Fsp3) is 0.343. The molecule has 0 aliphatic carbocycles. The van der Waals surface area contributed by atoms with Gasteiger partial charge in [-0.15, -0.1) is 0 Å². The number of carbonyl (C=O) groups excluding carboxylic acids is 1. The van der Waals surface area contributed by atoms with E-state index in [4.69, 9.17) is 9.84 Å². The standard InChI is InChI=1S/C35H38FNO6/c1-37(2)35(42)29-22-25(21-28(23-29)27-14-8-15-30(36)24-27)11-6-4-3-5-7-12-26-13-9-16-32(31(26)18-19-34(40)41)43-20-10-17-33(38)39/h8-9,13-16,21-24H,3-5,7,10,12,17-20H2,1-2H3,(H,38,39)(H,40,41). The van der Waals surface area contributed by atoms with Crippen LogP contribution in [0.3, 0.4) is 0 Å². The first-order valence-corrected chi connectivity index (χ1v) is 14.4. The van der Waals surface area contributed by atoms with Gasteiger partial charge >= 0.3 is 11.9 Å². The first-order chi connectivity index (χ1) is 20.6. The van der Waals surface area contributed by atoms with Gasteiger partial charge in [-0.1, -0.05) is 42.5 Å². The van der Waals surface area contributed by atoms with Crippen LogP contribution in [0.4, 0.5) is 4.39 Å². The van der Waals surface area contributed by atoms with E-state index in [1.165, 1.54) is 17.0 Å². The van der Waals surface area contributed by atoms with Crippen molar-refractivity contribution in [2.45, 2.75) is 57.8 Å². The molecule has 0 aromatic heterocycles. The third-order valence-corrected chi connectivity index (χ3v) is 6.84. The number of halogens is 1. The van der Waals surface area contributed by atoms with Crippen LogP contribution in [-0.4, -0.2) is 53.7 Å². The molecule has 0 radical (unpaired) electrons. The van der Waals surface area contributed by atoms with Crippen LogP contribution in [-0.2, 0) is 22.4 Å². The van der Waals surface area contributed by atoms with Crippen LogP contribution in [0, 0.1) is 17.7 Å². The molecule has 1 amide bonds. The van der Waals surface area contributed by atoms with Crippen molar-refractivity contribution in [1.82, 2.24) is 4.90 Å². The Kier molecular flexibility index (Phi) is 12.8. The molecule has 0 saturated carbocycles. The van der Waals surface area contributed by atoms with Gasteiger partial charge in [0, 0.05) is 44.5 Å². The highest BCUT2D eigenvalue weighted by Gasteiger charge is 2.13. The minimum Gasteiger partial charge on any atom is -0.493 e. The maximum Gasteiger partial charge on any atom is 0.303 e. The number of hydrogen-bond acceptors (Lipinski definition) is 4. The minimum atomic E-state index is -0.884. The van der Waals surface area contributed by atoms with Crippen LogP contribution < -0.4 is 4.74 Å². The number of ether oxygens (including phenoxy) is 1. The van der Waals surface area contributed by atoms with Gasteiger partial charge in [0.1, 0.15) is 11.6 Å². The molecule has 3 aromatic carbocycles. The van der Waals surface area contributed by atoms with E-state index in [-0.39, 0.29) is 31.2 Å². The highest BCUT2D eigenvalue weighted by Crippen LogP contribution is 2.27. The summed E-state index contributed by atoms with van der Waals surface area (Å²) in [6.07, 6.45) is 4.84. The number of rotatable bonds is 15. The number of unbranched alkanes of at least 4 members (excludes halogenated alkanes) is 3. The molecule has 7 nitrogen and oxygen atoms in total. The highest BCUT2D eigenvalue weighted by molar-refractivity contribution is 5.95. The Hall–Kier alpha value is -4.64. The fourth-order valence-corrected chi connectivity index (χ4v) is 4.69. The van der Waals surface area contributed by atoms with Crippen LogP contribution in [0.15, 0.2) is 60.7 Å². The van der Waals surface area contributed by atoms with E-state index < -0.39 is 11.9 Å². The number of hydrogen-bond donors (Lipinski definition) is 2. The largest absolute Gasteiger partial charge is 0.493 e. The third kappa shape index (κ3) is 10.9. The molecule has 0 saturated heterocycles. The molecule has 0 unspecified atom stereocenters. The van der Waals surface area contributed by atoms with Crippen molar-refractivity contribution < 1.29 is 33.7 Å². The lowest BCUT2D eigenvalue weighted by Crippen LogP contribution is -2.21. The normalized spacial score (nSPS) is 10.5. The van der Waals surface area contributed by atoms with Crippen LogP contribution >= 0.6 is 0 Å². The second kappa shape index (κ2) is 16.7.